The Labute approximate surface area is 134 Å². The van der Waals surface area contributed by atoms with Gasteiger partial charge in [0.05, 0.1) is 11.0 Å². The number of nitro groups is 1. The highest BCUT2D eigenvalue weighted by Crippen LogP contribution is 2.23. The first-order chi connectivity index (χ1) is 11.0. The molecule has 23 heavy (non-hydrogen) atoms. The van der Waals surface area contributed by atoms with E-state index in [0.29, 0.717) is 11.1 Å². The maximum Gasteiger partial charge on any atom is 0.407 e. The van der Waals surface area contributed by atoms with Gasteiger partial charge in [-0.3, -0.25) is 10.1 Å². The number of hydrogen-bond donors (Lipinski definition) is 1. The largest absolute Gasteiger partial charge is 0.445 e. The van der Waals surface area contributed by atoms with Crippen LogP contribution in [0.2, 0.25) is 0 Å². The molecule has 0 aliphatic carbocycles. The Morgan fingerprint density at radius 1 is 1.26 bits per heavy atom. The lowest BCUT2D eigenvalue weighted by atomic mass is 10.1. The lowest BCUT2D eigenvalue weighted by molar-refractivity contribution is -0.385. The number of rotatable bonds is 5. The number of nitrogens with one attached hydrogen (secondary N) is 1. The van der Waals surface area contributed by atoms with Gasteiger partial charge in [0.1, 0.15) is 6.61 Å². The number of alkyl carbamates (subject to hydrolysis) is 1. The van der Waals surface area contributed by atoms with Crippen LogP contribution in [0.25, 0.3) is 0 Å². The number of ether oxygens (including phenoxy) is 1. The van der Waals surface area contributed by atoms with E-state index in [4.69, 9.17) is 4.74 Å². The summed E-state index contributed by atoms with van der Waals surface area (Å²) in [5.74, 6) is 0. The van der Waals surface area contributed by atoms with Crippen molar-refractivity contribution in [1.82, 2.24) is 5.32 Å². The minimum Gasteiger partial charge on any atom is -0.445 e. The van der Waals surface area contributed by atoms with Gasteiger partial charge in [-0.1, -0.05) is 42.5 Å². The van der Waals surface area contributed by atoms with E-state index in [2.05, 4.69) is 5.32 Å². The van der Waals surface area contributed by atoms with E-state index in [1.54, 1.807) is 26.0 Å². The third-order valence-electron chi connectivity index (χ3n) is 3.48. The highest BCUT2D eigenvalue weighted by atomic mass is 16.6. The molecule has 6 heteroatoms. The van der Waals surface area contributed by atoms with Crippen molar-refractivity contribution in [2.24, 2.45) is 0 Å². The van der Waals surface area contributed by atoms with Gasteiger partial charge >= 0.3 is 6.09 Å². The molecule has 1 amide bonds. The van der Waals surface area contributed by atoms with Gasteiger partial charge in [0.2, 0.25) is 0 Å². The molecule has 0 unspecified atom stereocenters. The van der Waals surface area contributed by atoms with E-state index in [-0.39, 0.29) is 12.3 Å². The summed E-state index contributed by atoms with van der Waals surface area (Å²) in [5.41, 5.74) is 2.16. The fraction of sp³-hybridized carbons (Fsp3) is 0.235. The van der Waals surface area contributed by atoms with Crippen LogP contribution in [0.1, 0.15) is 29.7 Å². The predicted octanol–water partition coefficient (Wildman–Crippen LogP) is 3.89. The van der Waals surface area contributed by atoms with E-state index in [1.165, 1.54) is 6.07 Å². The molecule has 0 saturated heterocycles. The smallest absolute Gasteiger partial charge is 0.407 e. The Morgan fingerprint density at radius 2 is 1.96 bits per heavy atom. The number of nitrogens with zero attached hydrogens (tertiary/aromatic N) is 1. The van der Waals surface area contributed by atoms with Crippen molar-refractivity contribution >= 4 is 11.8 Å². The SMILES string of the molecule is Cc1ccc([C@H](C)NC(=O)OCc2ccccc2)cc1[N+](=O)[O-]. The zero-order valence-electron chi connectivity index (χ0n) is 13.0. The predicted molar refractivity (Wildman–Crippen MR) is 86.0 cm³/mol. The zero-order valence-corrected chi connectivity index (χ0v) is 13.0. The molecule has 0 saturated carbocycles. The monoisotopic (exact) mass is 314 g/mol. The Balaban J connectivity index is 1.96. The summed E-state index contributed by atoms with van der Waals surface area (Å²) < 4.78 is 5.14. The van der Waals surface area contributed by atoms with Gasteiger partial charge in [0, 0.05) is 11.6 Å². The number of nitro benzene ring substituents is 1. The van der Waals surface area contributed by atoms with Crippen LogP contribution < -0.4 is 5.32 Å². The molecule has 1 atom stereocenters. The molecule has 0 radical (unpaired) electrons. The van der Waals surface area contributed by atoms with Crippen LogP contribution in [0, 0.1) is 17.0 Å². The average molecular weight is 314 g/mol. The molecule has 6 nitrogen and oxygen atoms in total. The number of amides is 1. The van der Waals surface area contributed by atoms with Crippen molar-refractivity contribution in [2.45, 2.75) is 26.5 Å². The van der Waals surface area contributed by atoms with Crippen LogP contribution in [0.5, 0.6) is 0 Å². The molecule has 2 aromatic rings. The van der Waals surface area contributed by atoms with E-state index in [1.807, 2.05) is 30.3 Å². The summed E-state index contributed by atoms with van der Waals surface area (Å²) in [6, 6.07) is 13.8. The minimum atomic E-state index is -0.565. The van der Waals surface area contributed by atoms with E-state index in [9.17, 15) is 14.9 Å². The molecule has 0 bridgehead atoms. The molecule has 0 aromatic heterocycles. The standard InChI is InChI=1S/C17H18N2O4/c1-12-8-9-15(10-16(12)19(21)22)13(2)18-17(20)23-11-14-6-4-3-5-7-14/h3-10,13H,11H2,1-2H3,(H,18,20)/t13-/m0/s1. The van der Waals surface area contributed by atoms with Crippen LogP contribution in [0.3, 0.4) is 0 Å². The number of aryl methyl sites for hydroxylation is 1. The second-order valence-electron chi connectivity index (χ2n) is 5.23. The molecule has 2 aromatic carbocycles. The average Bonchev–Trinajstić information content (AvgIpc) is 2.54. The maximum atomic E-state index is 11.8. The quantitative estimate of drug-likeness (QED) is 0.670. The summed E-state index contributed by atoms with van der Waals surface area (Å²) in [7, 11) is 0. The summed E-state index contributed by atoms with van der Waals surface area (Å²) in [6.45, 7) is 3.60. The lowest BCUT2D eigenvalue weighted by Crippen LogP contribution is -2.27. The van der Waals surface area contributed by atoms with Crippen LogP contribution in [-0.2, 0) is 11.3 Å². The first-order valence-corrected chi connectivity index (χ1v) is 7.19. The van der Waals surface area contributed by atoms with Gasteiger partial charge in [-0.25, -0.2) is 4.79 Å². The van der Waals surface area contributed by atoms with Crippen LogP contribution in [0.15, 0.2) is 48.5 Å². The van der Waals surface area contributed by atoms with Gasteiger partial charge in [0.25, 0.3) is 5.69 Å². The molecule has 0 aliphatic heterocycles. The van der Waals surface area contributed by atoms with Crippen molar-refractivity contribution < 1.29 is 14.5 Å². The molecule has 0 spiro atoms. The summed E-state index contributed by atoms with van der Waals surface area (Å²) in [4.78, 5) is 22.4. The molecule has 120 valence electrons. The Morgan fingerprint density at radius 3 is 2.61 bits per heavy atom. The molecule has 2 rings (SSSR count). The minimum absolute atomic E-state index is 0.0359. The normalized spacial score (nSPS) is 11.6. The van der Waals surface area contributed by atoms with Crippen molar-refractivity contribution in [2.75, 3.05) is 0 Å². The first kappa shape index (κ1) is 16.5. The van der Waals surface area contributed by atoms with Gasteiger partial charge in [-0.05, 0) is 25.0 Å². The van der Waals surface area contributed by atoms with Crippen molar-refractivity contribution in [3.63, 3.8) is 0 Å². The van der Waals surface area contributed by atoms with Crippen molar-refractivity contribution in [1.29, 1.82) is 0 Å². The summed E-state index contributed by atoms with van der Waals surface area (Å²) in [5, 5.41) is 13.6. The second-order valence-corrected chi connectivity index (χ2v) is 5.23. The van der Waals surface area contributed by atoms with Crippen LogP contribution >= 0.6 is 0 Å². The Bertz CT molecular complexity index is 701. The number of carbonyl (C=O) groups is 1. The van der Waals surface area contributed by atoms with Crippen molar-refractivity contribution in [3.05, 3.63) is 75.3 Å². The fourth-order valence-electron chi connectivity index (χ4n) is 2.12. The lowest BCUT2D eigenvalue weighted by Gasteiger charge is -2.14. The Hall–Kier alpha value is -2.89. The van der Waals surface area contributed by atoms with Gasteiger partial charge in [-0.15, -0.1) is 0 Å². The molecule has 0 fully saturated rings. The maximum absolute atomic E-state index is 11.8. The highest BCUT2D eigenvalue weighted by molar-refractivity contribution is 5.68. The molecule has 0 heterocycles. The third kappa shape index (κ3) is 4.54. The van der Waals surface area contributed by atoms with E-state index in [0.717, 1.165) is 5.56 Å². The molecule has 0 aliphatic rings. The second kappa shape index (κ2) is 7.40. The zero-order chi connectivity index (χ0) is 16.8. The number of carbonyl (C=O) groups excluding carboxylic acids is 1. The third-order valence-corrected chi connectivity index (χ3v) is 3.48. The highest BCUT2D eigenvalue weighted by Gasteiger charge is 2.16. The number of benzene rings is 2. The molecular weight excluding hydrogens is 296 g/mol. The van der Waals surface area contributed by atoms with Crippen LogP contribution in [-0.4, -0.2) is 11.0 Å². The fourth-order valence-corrected chi connectivity index (χ4v) is 2.12. The number of hydrogen-bond acceptors (Lipinski definition) is 4. The van der Waals surface area contributed by atoms with Gasteiger partial charge < -0.3 is 10.1 Å². The summed E-state index contributed by atoms with van der Waals surface area (Å²) >= 11 is 0. The molecular formula is C17H18N2O4. The van der Waals surface area contributed by atoms with Crippen molar-refractivity contribution in [3.8, 4) is 0 Å². The summed E-state index contributed by atoms with van der Waals surface area (Å²) in [6.07, 6.45) is -0.565. The van der Waals surface area contributed by atoms with Crippen LogP contribution in [0.4, 0.5) is 10.5 Å². The first-order valence-electron chi connectivity index (χ1n) is 7.19. The van der Waals surface area contributed by atoms with Gasteiger partial charge in [-0.2, -0.15) is 0 Å². The molecule has 1 N–H and O–H groups in total. The topological polar surface area (TPSA) is 81.5 Å². The van der Waals surface area contributed by atoms with E-state index < -0.39 is 17.1 Å². The van der Waals surface area contributed by atoms with Gasteiger partial charge in [0.15, 0.2) is 0 Å². The Kier molecular flexibility index (Phi) is 5.30. The van der Waals surface area contributed by atoms with E-state index >= 15 is 0 Å².